The lowest BCUT2D eigenvalue weighted by Gasteiger charge is -2.27. The van der Waals surface area contributed by atoms with Crippen LogP contribution in [0.5, 0.6) is 0 Å². The minimum Gasteiger partial charge on any atom is -0.348 e. The maximum atomic E-state index is 13.5. The highest BCUT2D eigenvalue weighted by molar-refractivity contribution is 6.22. The molecular formula is C27H28N3O3+. The molecule has 1 aliphatic rings. The van der Waals surface area contributed by atoms with Gasteiger partial charge in [0.05, 0.1) is 31.8 Å². The van der Waals surface area contributed by atoms with Gasteiger partial charge in [0, 0.05) is 12.0 Å². The average Bonchev–Trinajstić information content (AvgIpc) is 3.09. The van der Waals surface area contributed by atoms with Gasteiger partial charge in [-0.05, 0) is 17.7 Å². The predicted octanol–water partition coefficient (Wildman–Crippen LogP) is 1.90. The number of hydrogen-bond acceptors (Lipinski definition) is 3. The SMILES string of the molecule is C[NH+](C)[C@@H](CNC(=O)[C@H](Cc1ccccc1)N1C(=O)c2ccccc2C1=O)c1ccccc1. The van der Waals surface area contributed by atoms with E-state index in [4.69, 9.17) is 0 Å². The number of rotatable bonds is 8. The minimum absolute atomic E-state index is 0.0368. The van der Waals surface area contributed by atoms with Crippen LogP contribution in [0.3, 0.4) is 0 Å². The molecule has 6 nitrogen and oxygen atoms in total. The molecule has 0 bridgehead atoms. The number of nitrogens with zero attached hydrogens (tertiary/aromatic N) is 1. The van der Waals surface area contributed by atoms with Gasteiger partial charge in [-0.15, -0.1) is 0 Å². The van der Waals surface area contributed by atoms with Crippen LogP contribution >= 0.6 is 0 Å². The molecule has 2 atom stereocenters. The number of nitrogens with one attached hydrogen (secondary N) is 2. The fourth-order valence-corrected chi connectivity index (χ4v) is 4.29. The van der Waals surface area contributed by atoms with Gasteiger partial charge in [0.15, 0.2) is 0 Å². The number of hydrogen-bond donors (Lipinski definition) is 2. The van der Waals surface area contributed by atoms with Crippen molar-refractivity contribution in [1.82, 2.24) is 10.2 Å². The summed E-state index contributed by atoms with van der Waals surface area (Å²) in [7, 11) is 4.07. The molecule has 3 aromatic carbocycles. The molecule has 3 amide bonds. The number of fused-ring (bicyclic) bond motifs is 1. The molecule has 0 aliphatic carbocycles. The van der Waals surface area contributed by atoms with Gasteiger partial charge in [-0.1, -0.05) is 72.8 Å². The van der Waals surface area contributed by atoms with E-state index in [0.717, 1.165) is 16.0 Å². The zero-order valence-electron chi connectivity index (χ0n) is 18.8. The van der Waals surface area contributed by atoms with Crippen molar-refractivity contribution in [2.45, 2.75) is 18.5 Å². The summed E-state index contributed by atoms with van der Waals surface area (Å²) in [5.74, 6) is -1.19. The lowest BCUT2D eigenvalue weighted by molar-refractivity contribution is -0.890. The Morgan fingerprint density at radius 2 is 1.33 bits per heavy atom. The number of likely N-dealkylation sites (N-methyl/N-ethyl adjacent to an activating group) is 1. The maximum Gasteiger partial charge on any atom is 0.262 e. The molecule has 0 spiro atoms. The maximum absolute atomic E-state index is 13.5. The van der Waals surface area contributed by atoms with Crippen molar-refractivity contribution < 1.29 is 19.3 Å². The van der Waals surface area contributed by atoms with Crippen molar-refractivity contribution in [2.24, 2.45) is 0 Å². The van der Waals surface area contributed by atoms with Crippen LogP contribution in [0.4, 0.5) is 0 Å². The van der Waals surface area contributed by atoms with Gasteiger partial charge in [0.25, 0.3) is 11.8 Å². The van der Waals surface area contributed by atoms with Crippen LogP contribution < -0.4 is 10.2 Å². The monoisotopic (exact) mass is 442 g/mol. The second kappa shape index (κ2) is 9.79. The minimum atomic E-state index is -0.937. The number of quaternary nitrogens is 1. The van der Waals surface area contributed by atoms with Gasteiger partial charge in [0.2, 0.25) is 5.91 Å². The van der Waals surface area contributed by atoms with Crippen LogP contribution in [0, 0.1) is 0 Å². The lowest BCUT2D eigenvalue weighted by atomic mass is 10.0. The zero-order valence-corrected chi connectivity index (χ0v) is 18.8. The van der Waals surface area contributed by atoms with Gasteiger partial charge >= 0.3 is 0 Å². The van der Waals surface area contributed by atoms with Gasteiger partial charge in [-0.2, -0.15) is 0 Å². The van der Waals surface area contributed by atoms with Crippen LogP contribution in [-0.2, 0) is 11.2 Å². The summed E-state index contributed by atoms with van der Waals surface area (Å²) in [5.41, 5.74) is 2.67. The standard InChI is InChI=1S/C27H27N3O3/c1-29(2)24(20-13-7-4-8-14-20)18-28-25(31)23(17-19-11-5-3-6-12-19)30-26(32)21-15-9-10-16-22(21)27(30)33/h3-16,23-24H,17-18H2,1-2H3,(H,28,31)/p+1/t23-,24-/m0/s1. The summed E-state index contributed by atoms with van der Waals surface area (Å²) in [6.45, 7) is 0.389. The molecule has 0 unspecified atom stereocenters. The third-order valence-corrected chi connectivity index (χ3v) is 6.09. The quantitative estimate of drug-likeness (QED) is 0.524. The summed E-state index contributed by atoms with van der Waals surface area (Å²) in [6.07, 6.45) is 0.253. The third kappa shape index (κ3) is 4.71. The Balaban J connectivity index is 1.59. The molecule has 1 heterocycles. The van der Waals surface area contributed by atoms with Crippen molar-refractivity contribution in [2.75, 3.05) is 20.6 Å². The molecule has 0 saturated heterocycles. The number of amides is 3. The topological polar surface area (TPSA) is 70.9 Å². The molecule has 168 valence electrons. The van der Waals surface area contributed by atoms with Gasteiger partial charge in [-0.3, -0.25) is 19.3 Å². The highest BCUT2D eigenvalue weighted by atomic mass is 16.2. The molecule has 33 heavy (non-hydrogen) atoms. The molecule has 4 rings (SSSR count). The van der Waals surface area contributed by atoms with Crippen molar-refractivity contribution >= 4 is 17.7 Å². The van der Waals surface area contributed by atoms with E-state index in [9.17, 15) is 14.4 Å². The molecular weight excluding hydrogens is 414 g/mol. The van der Waals surface area contributed by atoms with Gasteiger partial charge in [-0.25, -0.2) is 0 Å². The van der Waals surface area contributed by atoms with Crippen molar-refractivity contribution in [1.29, 1.82) is 0 Å². The summed E-state index contributed by atoms with van der Waals surface area (Å²) in [4.78, 5) is 42.0. The van der Waals surface area contributed by atoms with E-state index in [1.54, 1.807) is 24.3 Å². The highest BCUT2D eigenvalue weighted by Gasteiger charge is 2.42. The summed E-state index contributed by atoms with van der Waals surface area (Å²) < 4.78 is 0. The lowest BCUT2D eigenvalue weighted by Crippen LogP contribution is -3.07. The van der Waals surface area contributed by atoms with Crippen molar-refractivity contribution in [3.8, 4) is 0 Å². The highest BCUT2D eigenvalue weighted by Crippen LogP contribution is 2.26. The summed E-state index contributed by atoms with van der Waals surface area (Å²) in [6, 6.07) is 25.3. The first-order chi connectivity index (χ1) is 16.0. The molecule has 0 aromatic heterocycles. The number of imide groups is 1. The van der Waals surface area contributed by atoms with E-state index in [0.29, 0.717) is 17.7 Å². The van der Waals surface area contributed by atoms with Crippen LogP contribution in [0.2, 0.25) is 0 Å². The first kappa shape index (κ1) is 22.4. The second-order valence-electron chi connectivity index (χ2n) is 8.52. The largest absolute Gasteiger partial charge is 0.348 e. The number of carbonyl (C=O) groups excluding carboxylic acids is 3. The molecule has 0 radical (unpaired) electrons. The molecule has 2 N–H and O–H groups in total. The fraction of sp³-hybridized carbons (Fsp3) is 0.222. The van der Waals surface area contributed by atoms with E-state index < -0.39 is 17.9 Å². The first-order valence-corrected chi connectivity index (χ1v) is 11.1. The molecule has 0 saturated carbocycles. The Morgan fingerprint density at radius 3 is 1.88 bits per heavy atom. The molecule has 0 fully saturated rings. The second-order valence-corrected chi connectivity index (χ2v) is 8.52. The van der Waals surface area contributed by atoms with Crippen LogP contribution in [-0.4, -0.2) is 49.3 Å². The van der Waals surface area contributed by atoms with Crippen LogP contribution in [0.25, 0.3) is 0 Å². The Kier molecular flexibility index (Phi) is 6.66. The van der Waals surface area contributed by atoms with E-state index in [2.05, 4.69) is 5.32 Å². The molecule has 6 heteroatoms. The molecule has 1 aliphatic heterocycles. The Bertz CT molecular complexity index is 1110. The van der Waals surface area contributed by atoms with Gasteiger partial charge < -0.3 is 10.2 Å². The van der Waals surface area contributed by atoms with E-state index in [1.165, 1.54) is 4.90 Å². The smallest absolute Gasteiger partial charge is 0.262 e. The van der Waals surface area contributed by atoms with Crippen LogP contribution in [0.1, 0.15) is 37.9 Å². The third-order valence-electron chi connectivity index (χ3n) is 6.09. The number of benzene rings is 3. The fourth-order valence-electron chi connectivity index (χ4n) is 4.29. The normalized spacial score (nSPS) is 14.8. The van der Waals surface area contributed by atoms with Crippen molar-refractivity contribution in [3.63, 3.8) is 0 Å². The predicted molar refractivity (Wildman–Crippen MR) is 126 cm³/mol. The van der Waals surface area contributed by atoms with E-state index >= 15 is 0 Å². The van der Waals surface area contributed by atoms with E-state index in [1.807, 2.05) is 74.8 Å². The zero-order chi connectivity index (χ0) is 23.4. The molecule has 3 aromatic rings. The van der Waals surface area contributed by atoms with Crippen LogP contribution in [0.15, 0.2) is 84.9 Å². The number of carbonyl (C=O) groups is 3. The van der Waals surface area contributed by atoms with E-state index in [-0.39, 0.29) is 18.4 Å². The van der Waals surface area contributed by atoms with Crippen molar-refractivity contribution in [3.05, 3.63) is 107 Å². The Morgan fingerprint density at radius 1 is 0.818 bits per heavy atom. The Hall–Kier alpha value is -3.77. The first-order valence-electron chi connectivity index (χ1n) is 11.1. The average molecular weight is 443 g/mol. The Labute approximate surface area is 193 Å². The summed E-state index contributed by atoms with van der Waals surface area (Å²) >= 11 is 0. The van der Waals surface area contributed by atoms with Gasteiger partial charge in [0.1, 0.15) is 12.1 Å². The summed E-state index contributed by atoms with van der Waals surface area (Å²) in [5, 5.41) is 3.02.